The molecule has 1 rings (SSSR count). The zero-order chi connectivity index (χ0) is 17.1. The van der Waals surface area contributed by atoms with Crippen molar-refractivity contribution in [2.75, 3.05) is 13.2 Å². The Morgan fingerprint density at radius 3 is 2.39 bits per heavy atom. The molecule has 0 N–H and O–H groups in total. The summed E-state index contributed by atoms with van der Waals surface area (Å²) in [6.45, 7) is 5.53. The Balaban J connectivity index is 2.16. The maximum absolute atomic E-state index is 5.77. The highest BCUT2D eigenvalue weighted by molar-refractivity contribution is 6.67. The van der Waals surface area contributed by atoms with E-state index in [0.29, 0.717) is 13.0 Å². The van der Waals surface area contributed by atoms with Gasteiger partial charge in [0.2, 0.25) is 0 Å². The molecule has 1 aromatic rings. The molecule has 0 radical (unpaired) electrons. The standard InChI is InChI=1S/C19H25Cl3O/c1-16(7-6-8-17(2)15-19(20,21)22)11-13-23-14-12-18-9-4-3-5-10-18/h3-5,8-11H,6-7,12-15H2,1-2H3. The van der Waals surface area contributed by atoms with Crippen molar-refractivity contribution in [1.29, 1.82) is 0 Å². The highest BCUT2D eigenvalue weighted by atomic mass is 35.6. The Hall–Kier alpha value is -0.470. The van der Waals surface area contributed by atoms with E-state index in [0.717, 1.165) is 31.4 Å². The summed E-state index contributed by atoms with van der Waals surface area (Å²) >= 11 is 17.3. The Labute approximate surface area is 155 Å². The lowest BCUT2D eigenvalue weighted by atomic mass is 10.1. The zero-order valence-corrected chi connectivity index (χ0v) is 16.1. The third kappa shape index (κ3) is 11.7. The molecule has 0 spiro atoms. The molecule has 23 heavy (non-hydrogen) atoms. The molecule has 0 aromatic heterocycles. The highest BCUT2D eigenvalue weighted by Crippen LogP contribution is 2.33. The van der Waals surface area contributed by atoms with Gasteiger partial charge in [-0.1, -0.05) is 88.4 Å². The molecule has 0 saturated carbocycles. The van der Waals surface area contributed by atoms with E-state index in [1.807, 2.05) is 13.0 Å². The van der Waals surface area contributed by atoms with Crippen LogP contribution in [0.15, 0.2) is 53.6 Å². The summed E-state index contributed by atoms with van der Waals surface area (Å²) in [7, 11) is 0. The van der Waals surface area contributed by atoms with E-state index in [4.69, 9.17) is 39.5 Å². The van der Waals surface area contributed by atoms with Crippen LogP contribution >= 0.6 is 34.8 Å². The molecule has 0 atom stereocenters. The Kier molecular flexibility index (Phi) is 9.97. The van der Waals surface area contributed by atoms with Crippen molar-refractivity contribution in [2.24, 2.45) is 0 Å². The number of benzene rings is 1. The number of halogens is 3. The first kappa shape index (κ1) is 20.6. The average molecular weight is 376 g/mol. The summed E-state index contributed by atoms with van der Waals surface area (Å²) in [6.07, 6.45) is 7.66. The monoisotopic (exact) mass is 374 g/mol. The summed E-state index contributed by atoms with van der Waals surface area (Å²) < 4.78 is 4.46. The molecule has 128 valence electrons. The van der Waals surface area contributed by atoms with E-state index >= 15 is 0 Å². The molecule has 0 amide bonds. The lowest BCUT2D eigenvalue weighted by Crippen LogP contribution is -2.01. The zero-order valence-electron chi connectivity index (χ0n) is 13.8. The van der Waals surface area contributed by atoms with E-state index in [1.54, 1.807) is 0 Å². The smallest absolute Gasteiger partial charge is 0.194 e. The summed E-state index contributed by atoms with van der Waals surface area (Å²) in [5.74, 6) is 0. The predicted octanol–water partition coefficient (Wildman–Crippen LogP) is 6.68. The molecule has 4 heteroatoms. The van der Waals surface area contributed by atoms with Gasteiger partial charge in [0.15, 0.2) is 3.79 Å². The quantitative estimate of drug-likeness (QED) is 0.266. The number of rotatable bonds is 9. The molecule has 1 aromatic carbocycles. The van der Waals surface area contributed by atoms with Crippen LogP contribution in [0.25, 0.3) is 0 Å². The molecular formula is C19H25Cl3O. The van der Waals surface area contributed by atoms with Gasteiger partial charge in [-0.3, -0.25) is 0 Å². The second-order valence-corrected chi connectivity index (χ2v) is 8.26. The fourth-order valence-electron chi connectivity index (χ4n) is 2.16. The molecule has 0 saturated heterocycles. The maximum atomic E-state index is 5.77. The molecule has 0 heterocycles. The van der Waals surface area contributed by atoms with Crippen LogP contribution in [0.4, 0.5) is 0 Å². The van der Waals surface area contributed by atoms with Gasteiger partial charge in [-0.05, 0) is 38.7 Å². The van der Waals surface area contributed by atoms with Crippen molar-refractivity contribution in [1.82, 2.24) is 0 Å². The van der Waals surface area contributed by atoms with Crippen LogP contribution in [-0.2, 0) is 11.2 Å². The lowest BCUT2D eigenvalue weighted by molar-refractivity contribution is 0.165. The van der Waals surface area contributed by atoms with Gasteiger partial charge in [0.05, 0.1) is 13.2 Å². The third-order valence-electron chi connectivity index (χ3n) is 3.44. The minimum Gasteiger partial charge on any atom is -0.377 e. The topological polar surface area (TPSA) is 9.23 Å². The van der Waals surface area contributed by atoms with Crippen molar-refractivity contribution in [3.63, 3.8) is 0 Å². The molecular weight excluding hydrogens is 351 g/mol. The van der Waals surface area contributed by atoms with E-state index in [-0.39, 0.29) is 0 Å². The highest BCUT2D eigenvalue weighted by Gasteiger charge is 2.19. The van der Waals surface area contributed by atoms with Crippen LogP contribution in [-0.4, -0.2) is 17.0 Å². The number of hydrogen-bond acceptors (Lipinski definition) is 1. The molecule has 0 bridgehead atoms. The molecule has 0 aliphatic carbocycles. The Morgan fingerprint density at radius 1 is 1.04 bits per heavy atom. The van der Waals surface area contributed by atoms with Crippen LogP contribution in [0.5, 0.6) is 0 Å². The summed E-state index contributed by atoms with van der Waals surface area (Å²) in [5.41, 5.74) is 3.74. The SMILES string of the molecule is CC(=CCOCCc1ccccc1)CCC=C(C)CC(Cl)(Cl)Cl. The van der Waals surface area contributed by atoms with Crippen LogP contribution in [0, 0.1) is 0 Å². The maximum Gasteiger partial charge on any atom is 0.194 e. The second-order valence-electron chi connectivity index (χ2n) is 5.74. The van der Waals surface area contributed by atoms with Crippen molar-refractivity contribution in [2.45, 2.75) is 43.3 Å². The molecule has 0 aliphatic rings. The number of ether oxygens (including phenoxy) is 1. The molecule has 0 unspecified atom stereocenters. The Morgan fingerprint density at radius 2 is 1.74 bits per heavy atom. The van der Waals surface area contributed by atoms with Crippen LogP contribution in [0.3, 0.4) is 0 Å². The van der Waals surface area contributed by atoms with Gasteiger partial charge in [-0.2, -0.15) is 0 Å². The van der Waals surface area contributed by atoms with Crippen LogP contribution in [0.1, 0.15) is 38.7 Å². The van der Waals surface area contributed by atoms with Crippen molar-refractivity contribution >= 4 is 34.8 Å². The van der Waals surface area contributed by atoms with E-state index in [2.05, 4.69) is 43.3 Å². The second kappa shape index (κ2) is 11.1. The number of alkyl halides is 3. The van der Waals surface area contributed by atoms with E-state index in [1.165, 1.54) is 11.1 Å². The van der Waals surface area contributed by atoms with Crippen LogP contribution < -0.4 is 0 Å². The van der Waals surface area contributed by atoms with E-state index < -0.39 is 3.79 Å². The third-order valence-corrected chi connectivity index (χ3v) is 3.84. The van der Waals surface area contributed by atoms with Crippen molar-refractivity contribution in [3.8, 4) is 0 Å². The predicted molar refractivity (Wildman–Crippen MR) is 103 cm³/mol. The largest absolute Gasteiger partial charge is 0.377 e. The van der Waals surface area contributed by atoms with Gasteiger partial charge in [0.25, 0.3) is 0 Å². The minimum absolute atomic E-state index is 0.475. The molecule has 0 fully saturated rings. The van der Waals surface area contributed by atoms with Crippen molar-refractivity contribution in [3.05, 3.63) is 59.2 Å². The van der Waals surface area contributed by atoms with Gasteiger partial charge < -0.3 is 4.74 Å². The fourth-order valence-corrected chi connectivity index (χ4v) is 2.79. The van der Waals surface area contributed by atoms with Gasteiger partial charge in [-0.25, -0.2) is 0 Å². The first-order valence-corrected chi connectivity index (χ1v) is 9.00. The van der Waals surface area contributed by atoms with Crippen LogP contribution in [0.2, 0.25) is 0 Å². The van der Waals surface area contributed by atoms with E-state index in [9.17, 15) is 0 Å². The first-order valence-electron chi connectivity index (χ1n) is 7.86. The summed E-state index contributed by atoms with van der Waals surface area (Å²) in [4.78, 5) is 0. The molecule has 0 aliphatic heterocycles. The van der Waals surface area contributed by atoms with Gasteiger partial charge in [0, 0.05) is 6.42 Å². The normalized spacial score (nSPS) is 13.4. The summed E-state index contributed by atoms with van der Waals surface area (Å²) in [5, 5.41) is 0. The first-order chi connectivity index (χ1) is 10.9. The molecule has 1 nitrogen and oxygen atoms in total. The van der Waals surface area contributed by atoms with Gasteiger partial charge in [0.1, 0.15) is 0 Å². The minimum atomic E-state index is -1.20. The number of allylic oxidation sites excluding steroid dienone is 3. The van der Waals surface area contributed by atoms with Crippen molar-refractivity contribution < 1.29 is 4.74 Å². The average Bonchev–Trinajstić information content (AvgIpc) is 2.46. The number of hydrogen-bond donors (Lipinski definition) is 0. The van der Waals surface area contributed by atoms with Gasteiger partial charge >= 0.3 is 0 Å². The van der Waals surface area contributed by atoms with Gasteiger partial charge in [-0.15, -0.1) is 0 Å². The summed E-state index contributed by atoms with van der Waals surface area (Å²) in [6, 6.07) is 10.4. The lowest BCUT2D eigenvalue weighted by Gasteiger charge is -2.10. The Bertz CT molecular complexity index is 501. The fraction of sp³-hybridized carbons (Fsp3) is 0.474.